The molecular formula is C11H12FN3O2. The molecule has 0 aromatic heterocycles. The number of carbonyl (C=O) groups is 1. The summed E-state index contributed by atoms with van der Waals surface area (Å²) >= 11 is 0. The molecule has 1 aliphatic heterocycles. The highest BCUT2D eigenvalue weighted by Gasteiger charge is 2.40. The fourth-order valence-corrected chi connectivity index (χ4v) is 1.72. The van der Waals surface area contributed by atoms with E-state index >= 15 is 0 Å². The normalized spacial score (nSPS) is 23.2. The standard InChI is InChI=1S/C11H12FN3O2/c1-11(9(16)14-10(13)15-11)6-3-4-8(17-2)7(12)5-6/h3-5H,1-2H3,(H3,13,14,15,16). The van der Waals surface area contributed by atoms with Crippen molar-refractivity contribution in [3.63, 3.8) is 0 Å². The average Bonchev–Trinajstić information content (AvgIpc) is 2.53. The van der Waals surface area contributed by atoms with Crippen molar-refractivity contribution >= 4 is 11.9 Å². The summed E-state index contributed by atoms with van der Waals surface area (Å²) in [5.74, 6) is -0.763. The minimum Gasteiger partial charge on any atom is -0.494 e. The van der Waals surface area contributed by atoms with Crippen molar-refractivity contribution in [1.29, 1.82) is 0 Å². The molecule has 1 aromatic rings. The molecule has 3 N–H and O–H groups in total. The molecule has 2 rings (SSSR count). The lowest BCUT2D eigenvalue weighted by Crippen LogP contribution is -2.37. The summed E-state index contributed by atoms with van der Waals surface area (Å²) in [5.41, 5.74) is 4.67. The van der Waals surface area contributed by atoms with Crippen LogP contribution in [0, 0.1) is 5.82 Å². The molecule has 0 spiro atoms. The predicted molar refractivity (Wildman–Crippen MR) is 60.1 cm³/mol. The second kappa shape index (κ2) is 3.73. The van der Waals surface area contributed by atoms with E-state index in [9.17, 15) is 9.18 Å². The molecule has 0 saturated carbocycles. The molecule has 0 bridgehead atoms. The van der Waals surface area contributed by atoms with Gasteiger partial charge in [-0.15, -0.1) is 0 Å². The first-order valence-corrected chi connectivity index (χ1v) is 4.98. The number of methoxy groups -OCH3 is 1. The molecule has 0 radical (unpaired) electrons. The summed E-state index contributed by atoms with van der Waals surface area (Å²) in [6, 6.07) is 4.26. The summed E-state index contributed by atoms with van der Waals surface area (Å²) in [6.07, 6.45) is 0. The quantitative estimate of drug-likeness (QED) is 0.786. The van der Waals surface area contributed by atoms with Gasteiger partial charge >= 0.3 is 0 Å². The van der Waals surface area contributed by atoms with Gasteiger partial charge in [-0.25, -0.2) is 9.38 Å². The van der Waals surface area contributed by atoms with Crippen molar-refractivity contribution < 1.29 is 13.9 Å². The van der Waals surface area contributed by atoms with Crippen LogP contribution in [0.4, 0.5) is 4.39 Å². The molecule has 90 valence electrons. The first kappa shape index (κ1) is 11.4. The highest BCUT2D eigenvalue weighted by Crippen LogP contribution is 2.31. The van der Waals surface area contributed by atoms with Crippen molar-refractivity contribution in [3.05, 3.63) is 29.6 Å². The first-order valence-electron chi connectivity index (χ1n) is 4.98. The molecule has 1 atom stereocenters. The van der Waals surface area contributed by atoms with Gasteiger partial charge in [0.05, 0.1) is 7.11 Å². The molecule has 0 fully saturated rings. The number of nitrogens with zero attached hydrogens (tertiary/aromatic N) is 1. The molecule has 1 heterocycles. The SMILES string of the molecule is COc1ccc(C2(C)N=C(N)NC2=O)cc1F. The van der Waals surface area contributed by atoms with E-state index in [-0.39, 0.29) is 17.6 Å². The van der Waals surface area contributed by atoms with Crippen molar-refractivity contribution in [3.8, 4) is 5.75 Å². The fourth-order valence-electron chi connectivity index (χ4n) is 1.72. The molecule has 0 aliphatic carbocycles. The number of nitrogens with two attached hydrogens (primary N) is 1. The van der Waals surface area contributed by atoms with E-state index in [0.717, 1.165) is 0 Å². The van der Waals surface area contributed by atoms with Gasteiger partial charge in [-0.05, 0) is 24.6 Å². The minimum atomic E-state index is -1.18. The van der Waals surface area contributed by atoms with E-state index in [1.165, 1.54) is 19.2 Å². The van der Waals surface area contributed by atoms with Gasteiger partial charge in [0, 0.05) is 0 Å². The summed E-state index contributed by atoms with van der Waals surface area (Å²) in [6.45, 7) is 1.57. The van der Waals surface area contributed by atoms with E-state index in [1.54, 1.807) is 13.0 Å². The maximum absolute atomic E-state index is 13.6. The number of hydrogen-bond acceptors (Lipinski definition) is 4. The van der Waals surface area contributed by atoms with E-state index in [1.807, 2.05) is 0 Å². The van der Waals surface area contributed by atoms with Gasteiger partial charge < -0.3 is 10.5 Å². The Kier molecular flexibility index (Phi) is 2.49. The lowest BCUT2D eigenvalue weighted by molar-refractivity contribution is -0.123. The van der Waals surface area contributed by atoms with Crippen LogP contribution in [0.2, 0.25) is 0 Å². The highest BCUT2D eigenvalue weighted by atomic mass is 19.1. The van der Waals surface area contributed by atoms with Gasteiger partial charge in [-0.1, -0.05) is 6.07 Å². The molecule has 1 amide bonds. The van der Waals surface area contributed by atoms with Gasteiger partial charge in [0.25, 0.3) is 5.91 Å². The molecule has 6 heteroatoms. The number of nitrogens with one attached hydrogen (secondary N) is 1. The highest BCUT2D eigenvalue weighted by molar-refractivity contribution is 6.06. The molecule has 5 nitrogen and oxygen atoms in total. The molecule has 0 saturated heterocycles. The third-order valence-electron chi connectivity index (χ3n) is 2.74. The third kappa shape index (κ3) is 1.71. The van der Waals surface area contributed by atoms with Crippen LogP contribution in [-0.4, -0.2) is 19.0 Å². The summed E-state index contributed by atoms with van der Waals surface area (Å²) in [4.78, 5) is 15.7. The van der Waals surface area contributed by atoms with E-state index in [2.05, 4.69) is 10.3 Å². The molecule has 1 aromatic carbocycles. The van der Waals surface area contributed by atoms with Crippen LogP contribution in [-0.2, 0) is 10.3 Å². The Morgan fingerprint density at radius 1 is 1.53 bits per heavy atom. The average molecular weight is 237 g/mol. The van der Waals surface area contributed by atoms with Crippen LogP contribution in [0.25, 0.3) is 0 Å². The third-order valence-corrected chi connectivity index (χ3v) is 2.74. The number of rotatable bonds is 2. The number of carbonyl (C=O) groups excluding carboxylic acids is 1. The lowest BCUT2D eigenvalue weighted by Gasteiger charge is -2.18. The smallest absolute Gasteiger partial charge is 0.259 e. The topological polar surface area (TPSA) is 76.7 Å². The van der Waals surface area contributed by atoms with Crippen LogP contribution in [0.1, 0.15) is 12.5 Å². The van der Waals surface area contributed by atoms with Crippen LogP contribution in [0.15, 0.2) is 23.2 Å². The largest absolute Gasteiger partial charge is 0.494 e. The molecule has 1 aliphatic rings. The zero-order valence-electron chi connectivity index (χ0n) is 9.45. The monoisotopic (exact) mass is 237 g/mol. The Morgan fingerprint density at radius 2 is 2.24 bits per heavy atom. The predicted octanol–water partition coefficient (Wildman–Crippen LogP) is 0.494. The van der Waals surface area contributed by atoms with Crippen LogP contribution >= 0.6 is 0 Å². The second-order valence-electron chi connectivity index (χ2n) is 3.87. The van der Waals surface area contributed by atoms with Gasteiger partial charge in [-0.2, -0.15) is 0 Å². The number of aliphatic imine (C=N–C) groups is 1. The number of amides is 1. The van der Waals surface area contributed by atoms with Gasteiger partial charge in [-0.3, -0.25) is 10.1 Å². The van der Waals surface area contributed by atoms with Crippen molar-refractivity contribution in [2.75, 3.05) is 7.11 Å². The fraction of sp³-hybridized carbons (Fsp3) is 0.273. The van der Waals surface area contributed by atoms with Crippen molar-refractivity contribution in [2.24, 2.45) is 10.7 Å². The Hall–Kier alpha value is -2.11. The molecule has 17 heavy (non-hydrogen) atoms. The van der Waals surface area contributed by atoms with Gasteiger partial charge in [0.1, 0.15) is 0 Å². The maximum atomic E-state index is 13.6. The Labute approximate surface area is 97.5 Å². The Morgan fingerprint density at radius 3 is 2.71 bits per heavy atom. The van der Waals surface area contributed by atoms with E-state index in [4.69, 9.17) is 10.5 Å². The number of hydrogen-bond donors (Lipinski definition) is 2. The number of halogens is 1. The van der Waals surface area contributed by atoms with Gasteiger partial charge in [0.15, 0.2) is 23.1 Å². The van der Waals surface area contributed by atoms with E-state index in [0.29, 0.717) is 5.56 Å². The van der Waals surface area contributed by atoms with Gasteiger partial charge in [0.2, 0.25) is 0 Å². The summed E-state index contributed by atoms with van der Waals surface area (Å²) in [7, 11) is 1.37. The summed E-state index contributed by atoms with van der Waals surface area (Å²) < 4.78 is 18.4. The maximum Gasteiger partial charge on any atom is 0.259 e. The Balaban J connectivity index is 2.48. The zero-order chi connectivity index (χ0) is 12.6. The molecule has 1 unspecified atom stereocenters. The number of guanidine groups is 1. The van der Waals surface area contributed by atoms with Crippen LogP contribution < -0.4 is 15.8 Å². The van der Waals surface area contributed by atoms with E-state index < -0.39 is 11.4 Å². The van der Waals surface area contributed by atoms with Crippen LogP contribution in [0.3, 0.4) is 0 Å². The number of ether oxygens (including phenoxy) is 1. The number of benzene rings is 1. The first-order chi connectivity index (χ1) is 7.97. The second-order valence-corrected chi connectivity index (χ2v) is 3.87. The lowest BCUT2D eigenvalue weighted by atomic mass is 9.92. The van der Waals surface area contributed by atoms with Crippen molar-refractivity contribution in [1.82, 2.24) is 5.32 Å². The minimum absolute atomic E-state index is 0.0359. The Bertz CT molecular complexity index is 515. The zero-order valence-corrected chi connectivity index (χ0v) is 9.45. The summed E-state index contributed by atoms with van der Waals surface area (Å²) in [5, 5.41) is 2.39. The van der Waals surface area contributed by atoms with Crippen molar-refractivity contribution in [2.45, 2.75) is 12.5 Å². The molecular weight excluding hydrogens is 225 g/mol. The van der Waals surface area contributed by atoms with Crippen LogP contribution in [0.5, 0.6) is 5.75 Å².